The Morgan fingerprint density at radius 2 is 1.71 bits per heavy atom. The fraction of sp³-hybridized carbons (Fsp3) is 0. The van der Waals surface area contributed by atoms with Gasteiger partial charge in [-0.05, 0) is 18.2 Å². The minimum atomic E-state index is -0.564. The molecule has 0 aromatic heterocycles. The summed E-state index contributed by atoms with van der Waals surface area (Å²) in [5.41, 5.74) is 5.96. The molecule has 2 nitrogen and oxygen atoms in total. The van der Waals surface area contributed by atoms with E-state index in [0.717, 1.165) is 12.1 Å². The summed E-state index contributed by atoms with van der Waals surface area (Å²) in [6.45, 7) is 0. The summed E-state index contributed by atoms with van der Waals surface area (Å²) in [5, 5.41) is 10.5. The van der Waals surface area contributed by atoms with E-state index in [1.54, 1.807) is 18.2 Å². The topological polar surface area (TPSA) is 46.2 Å². The fourth-order valence-corrected chi connectivity index (χ4v) is 2.17. The molecule has 0 saturated carbocycles. The van der Waals surface area contributed by atoms with Gasteiger partial charge in [0.05, 0.1) is 15.7 Å². The van der Waals surface area contributed by atoms with Crippen molar-refractivity contribution in [3.05, 3.63) is 46.2 Å². The van der Waals surface area contributed by atoms with Crippen molar-refractivity contribution in [1.29, 1.82) is 0 Å². The van der Waals surface area contributed by atoms with Crippen LogP contribution in [0.1, 0.15) is 0 Å². The minimum Gasteiger partial charge on any atom is -0.505 e. The Morgan fingerprint density at radius 3 is 2.29 bits per heavy atom. The van der Waals surface area contributed by atoms with Crippen LogP contribution in [0.25, 0.3) is 11.1 Å². The molecule has 0 spiro atoms. The maximum Gasteiger partial charge on any atom is 0.146 e. The Bertz CT molecular complexity index is 567. The molecule has 2 rings (SSSR count). The van der Waals surface area contributed by atoms with E-state index in [2.05, 4.69) is 0 Å². The molecule has 0 aliphatic rings. The van der Waals surface area contributed by atoms with Crippen LogP contribution in [0.15, 0.2) is 30.3 Å². The summed E-state index contributed by atoms with van der Waals surface area (Å²) < 4.78 is 13.3. The normalized spacial score (nSPS) is 10.5. The highest BCUT2D eigenvalue weighted by Crippen LogP contribution is 2.41. The number of halogens is 3. The van der Waals surface area contributed by atoms with Gasteiger partial charge in [0.2, 0.25) is 0 Å². The summed E-state index contributed by atoms with van der Waals surface area (Å²) in [6, 6.07) is 7.03. The maximum atomic E-state index is 13.3. The van der Waals surface area contributed by atoms with Crippen LogP contribution in [0.5, 0.6) is 5.75 Å². The molecule has 0 amide bonds. The number of hydrogen-bond donors (Lipinski definition) is 2. The monoisotopic (exact) mass is 271 g/mol. The number of phenolic OH excluding ortho intramolecular Hbond substituents is 1. The highest BCUT2D eigenvalue weighted by molar-refractivity contribution is 6.39. The van der Waals surface area contributed by atoms with Crippen LogP contribution in [0.2, 0.25) is 10.0 Å². The van der Waals surface area contributed by atoms with E-state index >= 15 is 0 Å². The van der Waals surface area contributed by atoms with Gasteiger partial charge in [-0.1, -0.05) is 29.3 Å². The van der Waals surface area contributed by atoms with Crippen molar-refractivity contribution in [3.63, 3.8) is 0 Å². The van der Waals surface area contributed by atoms with Crippen molar-refractivity contribution in [2.24, 2.45) is 0 Å². The van der Waals surface area contributed by atoms with E-state index in [4.69, 9.17) is 28.9 Å². The van der Waals surface area contributed by atoms with Crippen molar-refractivity contribution in [3.8, 4) is 16.9 Å². The molecule has 0 saturated heterocycles. The number of anilines is 1. The maximum absolute atomic E-state index is 13.3. The van der Waals surface area contributed by atoms with Gasteiger partial charge >= 0.3 is 0 Å². The molecule has 2 aromatic rings. The van der Waals surface area contributed by atoms with Gasteiger partial charge < -0.3 is 10.8 Å². The minimum absolute atomic E-state index is 0.0593. The standard InChI is InChI=1S/C12H8Cl2FNO/c13-8-2-1-3-9(14)11(8)7-4-6(15)5-10(16)12(7)17/h1-5,17H,16H2. The molecule has 17 heavy (non-hydrogen) atoms. The van der Waals surface area contributed by atoms with Gasteiger partial charge in [0.25, 0.3) is 0 Å². The molecule has 0 bridgehead atoms. The molecule has 0 atom stereocenters. The zero-order valence-electron chi connectivity index (χ0n) is 8.55. The van der Waals surface area contributed by atoms with Gasteiger partial charge in [0, 0.05) is 17.2 Å². The molecule has 3 N–H and O–H groups in total. The van der Waals surface area contributed by atoms with E-state index in [0.29, 0.717) is 15.6 Å². The molecule has 0 unspecified atom stereocenters. The first-order valence-corrected chi connectivity index (χ1v) is 5.48. The summed E-state index contributed by atoms with van der Waals surface area (Å²) in [5.74, 6) is -0.798. The predicted octanol–water partition coefficient (Wildman–Crippen LogP) is 4.09. The fourth-order valence-electron chi connectivity index (χ4n) is 1.57. The number of phenols is 1. The van der Waals surface area contributed by atoms with Gasteiger partial charge in [0.15, 0.2) is 0 Å². The third kappa shape index (κ3) is 2.16. The molecule has 0 radical (unpaired) electrons. The van der Waals surface area contributed by atoms with Gasteiger partial charge in [-0.2, -0.15) is 0 Å². The van der Waals surface area contributed by atoms with E-state index in [9.17, 15) is 9.50 Å². The third-order valence-corrected chi connectivity index (χ3v) is 2.97. The van der Waals surface area contributed by atoms with Crippen molar-refractivity contribution >= 4 is 28.9 Å². The lowest BCUT2D eigenvalue weighted by Crippen LogP contribution is -1.91. The Morgan fingerprint density at radius 1 is 1.12 bits per heavy atom. The average molecular weight is 272 g/mol. The van der Waals surface area contributed by atoms with Crippen molar-refractivity contribution < 1.29 is 9.50 Å². The number of aromatic hydroxyl groups is 1. The summed E-state index contributed by atoms with van der Waals surface area (Å²) in [7, 11) is 0. The SMILES string of the molecule is Nc1cc(F)cc(-c2c(Cl)cccc2Cl)c1O. The van der Waals surface area contributed by atoms with Crippen LogP contribution in [0.4, 0.5) is 10.1 Å². The Balaban J connectivity index is 2.77. The lowest BCUT2D eigenvalue weighted by molar-refractivity contribution is 0.478. The van der Waals surface area contributed by atoms with Gasteiger partial charge in [-0.25, -0.2) is 4.39 Å². The van der Waals surface area contributed by atoms with Gasteiger partial charge in [-0.3, -0.25) is 0 Å². The second-order valence-electron chi connectivity index (χ2n) is 3.49. The van der Waals surface area contributed by atoms with Crippen molar-refractivity contribution in [2.75, 3.05) is 5.73 Å². The lowest BCUT2D eigenvalue weighted by Gasteiger charge is -2.11. The van der Waals surface area contributed by atoms with E-state index in [1.807, 2.05) is 0 Å². The lowest BCUT2D eigenvalue weighted by atomic mass is 10.0. The van der Waals surface area contributed by atoms with Crippen LogP contribution in [-0.2, 0) is 0 Å². The van der Waals surface area contributed by atoms with Crippen molar-refractivity contribution in [1.82, 2.24) is 0 Å². The van der Waals surface area contributed by atoms with Crippen molar-refractivity contribution in [2.45, 2.75) is 0 Å². The third-order valence-electron chi connectivity index (χ3n) is 2.34. The number of rotatable bonds is 1. The molecular weight excluding hydrogens is 264 g/mol. The summed E-state index contributed by atoms with van der Waals surface area (Å²) in [6.07, 6.45) is 0. The quantitative estimate of drug-likeness (QED) is 0.606. The number of hydrogen-bond acceptors (Lipinski definition) is 2. The van der Waals surface area contributed by atoms with E-state index in [-0.39, 0.29) is 17.0 Å². The number of nitrogen functional groups attached to an aromatic ring is 1. The first-order valence-electron chi connectivity index (χ1n) is 4.73. The average Bonchev–Trinajstić information content (AvgIpc) is 2.24. The number of nitrogens with two attached hydrogens (primary N) is 1. The molecular formula is C12H8Cl2FNO. The Hall–Kier alpha value is -1.45. The van der Waals surface area contributed by atoms with Crippen LogP contribution in [-0.4, -0.2) is 5.11 Å². The highest BCUT2D eigenvalue weighted by atomic mass is 35.5. The second-order valence-corrected chi connectivity index (χ2v) is 4.30. The molecule has 0 heterocycles. The Kier molecular flexibility index (Phi) is 3.13. The smallest absolute Gasteiger partial charge is 0.146 e. The van der Waals surface area contributed by atoms with Crippen LogP contribution < -0.4 is 5.73 Å². The Labute approximate surface area is 107 Å². The van der Waals surface area contributed by atoms with Crippen LogP contribution in [0.3, 0.4) is 0 Å². The predicted molar refractivity (Wildman–Crippen MR) is 67.9 cm³/mol. The highest BCUT2D eigenvalue weighted by Gasteiger charge is 2.15. The molecule has 5 heteroatoms. The zero-order chi connectivity index (χ0) is 12.6. The van der Waals surface area contributed by atoms with Gasteiger partial charge in [0.1, 0.15) is 11.6 Å². The molecule has 0 aliphatic heterocycles. The number of benzene rings is 2. The zero-order valence-corrected chi connectivity index (χ0v) is 10.1. The van der Waals surface area contributed by atoms with Crippen LogP contribution >= 0.6 is 23.2 Å². The molecule has 88 valence electrons. The van der Waals surface area contributed by atoms with Crippen LogP contribution in [0, 0.1) is 5.82 Å². The first kappa shape index (κ1) is 12.0. The second kappa shape index (κ2) is 4.43. The summed E-state index contributed by atoms with van der Waals surface area (Å²) >= 11 is 12.0. The van der Waals surface area contributed by atoms with Gasteiger partial charge in [-0.15, -0.1) is 0 Å². The molecule has 0 fully saturated rings. The van der Waals surface area contributed by atoms with E-state index < -0.39 is 5.82 Å². The first-order chi connectivity index (χ1) is 8.00. The molecule has 2 aromatic carbocycles. The van der Waals surface area contributed by atoms with E-state index in [1.165, 1.54) is 0 Å². The summed E-state index contributed by atoms with van der Waals surface area (Å²) in [4.78, 5) is 0. The largest absolute Gasteiger partial charge is 0.505 e. The molecule has 0 aliphatic carbocycles.